The fraction of sp³-hybridized carbons (Fsp3) is 0.836. The topological polar surface area (TPSA) is 149 Å². The Kier molecular flexibility index (Phi) is 42.3. The second-order valence-corrected chi connectivity index (χ2v) is 18.6. The maximum Gasteiger partial charge on any atom is 0.220 e. The Morgan fingerprint density at radius 1 is 0.547 bits per heavy atom. The smallest absolute Gasteiger partial charge is 0.220 e. The SMILES string of the molecule is CC/C=C\C/C=C\C/C=C\C/C=C\CCC(=O)NC(COC1OC(CO)C(O)C(O)C1O)C(O)CCCCCCCCCCCCCCCCCCCCCCCCCCCCCC. The molecule has 64 heavy (non-hydrogen) atoms. The van der Waals surface area contributed by atoms with E-state index in [0.29, 0.717) is 12.8 Å². The Morgan fingerprint density at radius 3 is 1.34 bits per heavy atom. The van der Waals surface area contributed by atoms with Crippen LogP contribution in [0.1, 0.15) is 239 Å². The molecule has 1 rings (SSSR count). The fourth-order valence-electron chi connectivity index (χ4n) is 8.47. The van der Waals surface area contributed by atoms with Crippen molar-refractivity contribution in [3.8, 4) is 0 Å². The molecule has 0 saturated carbocycles. The van der Waals surface area contributed by atoms with Crippen molar-refractivity contribution in [2.24, 2.45) is 0 Å². The van der Waals surface area contributed by atoms with Crippen LogP contribution in [0.3, 0.4) is 0 Å². The molecular formula is C55H101NO8. The minimum absolute atomic E-state index is 0.168. The van der Waals surface area contributed by atoms with E-state index in [1.54, 1.807) is 0 Å². The predicted molar refractivity (Wildman–Crippen MR) is 267 cm³/mol. The number of ether oxygens (including phenoxy) is 2. The third kappa shape index (κ3) is 34.5. The van der Waals surface area contributed by atoms with E-state index in [-0.39, 0.29) is 18.9 Å². The third-order valence-electron chi connectivity index (χ3n) is 12.7. The van der Waals surface area contributed by atoms with Crippen LogP contribution in [0.2, 0.25) is 0 Å². The minimum atomic E-state index is -1.57. The fourth-order valence-corrected chi connectivity index (χ4v) is 8.47. The van der Waals surface area contributed by atoms with Crippen molar-refractivity contribution >= 4 is 5.91 Å². The van der Waals surface area contributed by atoms with E-state index in [1.165, 1.54) is 161 Å². The molecule has 1 fully saturated rings. The van der Waals surface area contributed by atoms with E-state index in [2.05, 4.69) is 55.6 Å². The van der Waals surface area contributed by atoms with Crippen molar-refractivity contribution < 1.29 is 39.8 Å². The van der Waals surface area contributed by atoms with Crippen molar-refractivity contribution in [3.63, 3.8) is 0 Å². The standard InChI is InChI=1S/C55H101NO8/c1-3-5-7-9-11-13-15-17-18-19-20-21-22-23-24-25-26-27-28-29-30-31-33-34-36-38-40-42-44-49(58)48(47-63-55-54(62)53(61)52(60)50(46-57)64-55)56-51(59)45-43-41-39-37-35-32-16-14-12-10-8-6-4-2/h6,8,12,14,32,35,39,41,48-50,52-55,57-58,60-62H,3-5,7,9-11,13,15-31,33-34,36-38,40,42-47H2,1-2H3,(H,56,59)/b8-6-,14-12-,35-32-,41-39-. The number of hydrogen-bond acceptors (Lipinski definition) is 8. The normalized spacial score (nSPS) is 20.4. The Balaban J connectivity index is 2.19. The number of hydrogen-bond donors (Lipinski definition) is 6. The maximum atomic E-state index is 12.9. The molecule has 1 saturated heterocycles. The highest BCUT2D eigenvalue weighted by atomic mass is 16.7. The molecule has 1 aliphatic rings. The Morgan fingerprint density at radius 2 is 0.938 bits per heavy atom. The summed E-state index contributed by atoms with van der Waals surface area (Å²) in [6, 6.07) is -0.758. The van der Waals surface area contributed by atoms with Gasteiger partial charge in [-0.3, -0.25) is 4.79 Å². The van der Waals surface area contributed by atoms with Gasteiger partial charge in [-0.2, -0.15) is 0 Å². The van der Waals surface area contributed by atoms with Crippen LogP contribution in [0, 0.1) is 0 Å². The first kappa shape index (κ1) is 60.2. The zero-order valence-corrected chi connectivity index (χ0v) is 41.3. The van der Waals surface area contributed by atoms with Gasteiger partial charge in [0.2, 0.25) is 5.91 Å². The van der Waals surface area contributed by atoms with Crippen LogP contribution in [0.5, 0.6) is 0 Å². The van der Waals surface area contributed by atoms with Gasteiger partial charge in [0.1, 0.15) is 24.4 Å². The highest BCUT2D eigenvalue weighted by molar-refractivity contribution is 5.76. The number of carbonyl (C=O) groups is 1. The molecule has 0 aromatic carbocycles. The van der Waals surface area contributed by atoms with E-state index in [9.17, 15) is 30.3 Å². The number of unbranched alkanes of at least 4 members (excludes halogenated alkanes) is 27. The number of aliphatic hydroxyl groups is 5. The van der Waals surface area contributed by atoms with Gasteiger partial charge in [0.15, 0.2) is 6.29 Å². The van der Waals surface area contributed by atoms with Gasteiger partial charge in [-0.15, -0.1) is 0 Å². The van der Waals surface area contributed by atoms with E-state index in [4.69, 9.17) is 9.47 Å². The Labute approximate surface area is 393 Å². The highest BCUT2D eigenvalue weighted by Gasteiger charge is 2.44. The molecule has 0 aliphatic carbocycles. The monoisotopic (exact) mass is 904 g/mol. The molecule has 1 aliphatic heterocycles. The molecule has 0 aromatic rings. The first-order valence-electron chi connectivity index (χ1n) is 26.8. The number of rotatable bonds is 45. The second kappa shape index (κ2) is 45.0. The lowest BCUT2D eigenvalue weighted by atomic mass is 9.99. The lowest BCUT2D eigenvalue weighted by Crippen LogP contribution is -2.60. The van der Waals surface area contributed by atoms with Gasteiger partial charge in [-0.05, 0) is 38.5 Å². The Bertz CT molecular complexity index is 1140. The molecule has 1 heterocycles. The van der Waals surface area contributed by atoms with Crippen molar-refractivity contribution in [1.29, 1.82) is 0 Å². The minimum Gasteiger partial charge on any atom is -0.394 e. The third-order valence-corrected chi connectivity index (χ3v) is 12.7. The zero-order chi connectivity index (χ0) is 46.6. The number of nitrogens with one attached hydrogen (secondary N) is 1. The summed E-state index contributed by atoms with van der Waals surface area (Å²) in [5, 5.41) is 54.4. The molecule has 0 bridgehead atoms. The van der Waals surface area contributed by atoms with Crippen LogP contribution in [0.15, 0.2) is 48.6 Å². The molecule has 1 amide bonds. The highest BCUT2D eigenvalue weighted by Crippen LogP contribution is 2.23. The molecule has 6 N–H and O–H groups in total. The molecule has 9 heteroatoms. The lowest BCUT2D eigenvalue weighted by Gasteiger charge is -2.40. The van der Waals surface area contributed by atoms with E-state index in [1.807, 2.05) is 12.2 Å². The van der Waals surface area contributed by atoms with Crippen LogP contribution in [0.4, 0.5) is 0 Å². The van der Waals surface area contributed by atoms with Crippen LogP contribution in [-0.2, 0) is 14.3 Å². The van der Waals surface area contributed by atoms with Crippen molar-refractivity contribution in [1.82, 2.24) is 5.32 Å². The molecular weight excluding hydrogens is 803 g/mol. The predicted octanol–water partition coefficient (Wildman–Crippen LogP) is 12.6. The average molecular weight is 904 g/mol. The van der Waals surface area contributed by atoms with Crippen molar-refractivity contribution in [3.05, 3.63) is 48.6 Å². The van der Waals surface area contributed by atoms with Crippen LogP contribution in [0.25, 0.3) is 0 Å². The first-order chi connectivity index (χ1) is 31.3. The summed E-state index contributed by atoms with van der Waals surface area (Å²) >= 11 is 0. The number of amides is 1. The largest absolute Gasteiger partial charge is 0.394 e. The zero-order valence-electron chi connectivity index (χ0n) is 41.3. The van der Waals surface area contributed by atoms with E-state index < -0.39 is 49.5 Å². The summed E-state index contributed by atoms with van der Waals surface area (Å²) in [6.45, 7) is 3.69. The van der Waals surface area contributed by atoms with Gasteiger partial charge >= 0.3 is 0 Å². The molecule has 7 atom stereocenters. The number of allylic oxidation sites excluding steroid dienone is 8. The van der Waals surface area contributed by atoms with Crippen molar-refractivity contribution in [2.75, 3.05) is 13.2 Å². The second-order valence-electron chi connectivity index (χ2n) is 18.6. The maximum absolute atomic E-state index is 12.9. The van der Waals surface area contributed by atoms with Crippen molar-refractivity contribution in [2.45, 2.75) is 281 Å². The molecule has 374 valence electrons. The number of carbonyl (C=O) groups excluding carboxylic acids is 1. The summed E-state index contributed by atoms with van der Waals surface area (Å²) in [7, 11) is 0. The van der Waals surface area contributed by atoms with Gasteiger partial charge in [0.05, 0.1) is 25.4 Å². The van der Waals surface area contributed by atoms with Crippen LogP contribution < -0.4 is 5.32 Å². The van der Waals surface area contributed by atoms with E-state index >= 15 is 0 Å². The van der Waals surface area contributed by atoms with Gasteiger partial charge in [0, 0.05) is 6.42 Å². The molecule has 7 unspecified atom stereocenters. The summed E-state index contributed by atoms with van der Waals surface area (Å²) in [4.78, 5) is 12.9. The molecule has 9 nitrogen and oxygen atoms in total. The van der Waals surface area contributed by atoms with Gasteiger partial charge in [0.25, 0.3) is 0 Å². The average Bonchev–Trinajstić information content (AvgIpc) is 3.29. The molecule has 0 radical (unpaired) electrons. The summed E-state index contributed by atoms with van der Waals surface area (Å²) in [5.41, 5.74) is 0. The van der Waals surface area contributed by atoms with Gasteiger partial charge in [-0.25, -0.2) is 0 Å². The van der Waals surface area contributed by atoms with E-state index in [0.717, 1.165) is 44.9 Å². The first-order valence-corrected chi connectivity index (χ1v) is 26.8. The number of aliphatic hydroxyl groups excluding tert-OH is 5. The quantitative estimate of drug-likeness (QED) is 0.0261. The molecule has 0 spiro atoms. The van der Waals surface area contributed by atoms with Crippen LogP contribution in [-0.4, -0.2) is 87.5 Å². The Hall–Kier alpha value is -1.85. The van der Waals surface area contributed by atoms with Crippen LogP contribution >= 0.6 is 0 Å². The lowest BCUT2D eigenvalue weighted by molar-refractivity contribution is -0.302. The summed E-state index contributed by atoms with van der Waals surface area (Å²) in [5.74, 6) is -0.223. The van der Waals surface area contributed by atoms with Gasteiger partial charge < -0.3 is 40.3 Å². The molecule has 0 aromatic heterocycles. The summed E-state index contributed by atoms with van der Waals surface area (Å²) < 4.78 is 11.3. The van der Waals surface area contributed by atoms with Gasteiger partial charge in [-0.1, -0.05) is 242 Å². The summed E-state index contributed by atoms with van der Waals surface area (Å²) in [6.07, 6.45) is 51.7.